The van der Waals surface area contributed by atoms with Crippen LogP contribution in [0.25, 0.3) is 0 Å². The summed E-state index contributed by atoms with van der Waals surface area (Å²) in [6.07, 6.45) is 0.443. The van der Waals surface area contributed by atoms with Gasteiger partial charge in [0.05, 0.1) is 4.47 Å². The van der Waals surface area contributed by atoms with Crippen LogP contribution in [0.3, 0.4) is 0 Å². The molecule has 3 amide bonds. The van der Waals surface area contributed by atoms with Crippen LogP contribution in [0.1, 0.15) is 28.8 Å². The number of nitrogens with zero attached hydrogens (tertiary/aromatic N) is 2. The fourth-order valence-electron chi connectivity index (χ4n) is 3.36. The van der Waals surface area contributed by atoms with Crippen molar-refractivity contribution in [2.75, 3.05) is 13.3 Å². The van der Waals surface area contributed by atoms with Gasteiger partial charge < -0.3 is 9.64 Å². The molecule has 3 rings (SSSR count). The summed E-state index contributed by atoms with van der Waals surface area (Å²) in [6.45, 7) is 7.30. The van der Waals surface area contributed by atoms with Gasteiger partial charge in [-0.25, -0.2) is 4.39 Å². The van der Waals surface area contributed by atoms with E-state index in [0.717, 1.165) is 10.9 Å². The van der Waals surface area contributed by atoms with Crippen molar-refractivity contribution in [2.45, 2.75) is 51.1 Å². The van der Waals surface area contributed by atoms with Gasteiger partial charge in [-0.05, 0) is 46.1 Å². The van der Waals surface area contributed by atoms with E-state index >= 15 is 0 Å². The monoisotopic (exact) mass is 470 g/mol. The number of benzene rings is 1. The van der Waals surface area contributed by atoms with Gasteiger partial charge in [0.2, 0.25) is 5.91 Å². The Bertz CT molecular complexity index is 827. The molecule has 1 unspecified atom stereocenters. The van der Waals surface area contributed by atoms with Crippen LogP contribution in [0.15, 0.2) is 16.6 Å². The predicted octanol–water partition coefficient (Wildman–Crippen LogP) is 3.37. The summed E-state index contributed by atoms with van der Waals surface area (Å²) in [6, 6.07) is 2.96. The number of halogens is 2. The number of likely N-dealkylation sites (tertiary alicyclic amines) is 1. The van der Waals surface area contributed by atoms with Gasteiger partial charge in [0.25, 0.3) is 11.8 Å². The van der Waals surface area contributed by atoms with E-state index in [4.69, 9.17) is 4.74 Å². The molecule has 0 aromatic heterocycles. The molecular weight excluding hydrogens is 447 g/mol. The summed E-state index contributed by atoms with van der Waals surface area (Å²) in [5, 5.41) is 0. The van der Waals surface area contributed by atoms with Crippen LogP contribution in [0.4, 0.5) is 4.39 Å². The minimum absolute atomic E-state index is 0.0895. The Morgan fingerprint density at radius 2 is 1.96 bits per heavy atom. The van der Waals surface area contributed by atoms with Crippen LogP contribution in [0.5, 0.6) is 0 Å². The average molecular weight is 471 g/mol. The number of carbonyl (C=O) groups excluding carboxylic acids is 3. The van der Waals surface area contributed by atoms with E-state index in [1.807, 2.05) is 0 Å². The van der Waals surface area contributed by atoms with Gasteiger partial charge >= 0.3 is 0 Å². The van der Waals surface area contributed by atoms with E-state index in [0.29, 0.717) is 12.2 Å². The predicted molar refractivity (Wildman–Crippen MR) is 108 cm³/mol. The molecule has 1 saturated heterocycles. The summed E-state index contributed by atoms with van der Waals surface area (Å²) in [5.74, 6) is -1.61. The molecule has 0 radical (unpaired) electrons. The molecule has 9 heteroatoms. The molecule has 152 valence electrons. The van der Waals surface area contributed by atoms with E-state index in [2.05, 4.69) is 35.6 Å². The third-order valence-corrected chi connectivity index (χ3v) is 7.37. The number of rotatable bonds is 6. The van der Waals surface area contributed by atoms with Crippen LogP contribution < -0.4 is 0 Å². The maximum absolute atomic E-state index is 13.8. The van der Waals surface area contributed by atoms with Gasteiger partial charge in [-0.15, -0.1) is 0 Å². The Kier molecular flexibility index (Phi) is 6.07. The Hall–Kier alpha value is -1.58. The van der Waals surface area contributed by atoms with E-state index in [-0.39, 0.29) is 48.0 Å². The van der Waals surface area contributed by atoms with Crippen LogP contribution in [0, 0.1) is 5.82 Å². The lowest BCUT2D eigenvalue weighted by Crippen LogP contribution is -2.55. The Balaban J connectivity index is 1.69. The second kappa shape index (κ2) is 8.04. The van der Waals surface area contributed by atoms with Crippen molar-refractivity contribution in [2.24, 2.45) is 0 Å². The van der Waals surface area contributed by atoms with Gasteiger partial charge in [0.15, 0.2) is 0 Å². The van der Waals surface area contributed by atoms with Crippen molar-refractivity contribution < 1.29 is 23.5 Å². The van der Waals surface area contributed by atoms with Crippen molar-refractivity contribution in [3.63, 3.8) is 0 Å². The van der Waals surface area contributed by atoms with Crippen molar-refractivity contribution in [1.82, 2.24) is 9.80 Å². The topological polar surface area (TPSA) is 66.9 Å². The normalized spacial score (nSPS) is 20.2. The van der Waals surface area contributed by atoms with E-state index < -0.39 is 25.8 Å². The molecule has 1 aromatic rings. The Labute approximate surface area is 173 Å². The fourth-order valence-corrected chi connectivity index (χ4v) is 4.51. The second-order valence-electron chi connectivity index (χ2n) is 8.42. The molecule has 2 heterocycles. The van der Waals surface area contributed by atoms with E-state index in [1.165, 1.54) is 11.0 Å². The summed E-state index contributed by atoms with van der Waals surface area (Å²) >= 11 is 3.12. The van der Waals surface area contributed by atoms with E-state index in [1.54, 1.807) is 6.07 Å². The van der Waals surface area contributed by atoms with Crippen LogP contribution in [-0.4, -0.2) is 55.0 Å². The summed E-state index contributed by atoms with van der Waals surface area (Å²) in [5.41, 5.74) is 0.934. The molecule has 0 aliphatic carbocycles. The quantitative estimate of drug-likeness (QED) is 0.363. The number of amides is 3. The number of hydrogen-bond donors (Lipinski definition) is 0. The molecule has 0 bridgehead atoms. The third-order valence-electron chi connectivity index (χ3n) is 5.05. The number of carbonyl (C=O) groups is 3. The highest BCUT2D eigenvalue weighted by Crippen LogP contribution is 2.32. The van der Waals surface area contributed by atoms with E-state index in [9.17, 15) is 18.8 Å². The number of ether oxygens (including phenoxy) is 1. The number of fused-ring (bicyclic) bond motifs is 1. The van der Waals surface area contributed by atoms with Crippen molar-refractivity contribution >= 4 is 41.7 Å². The summed E-state index contributed by atoms with van der Waals surface area (Å²) in [7, 11) is -1.27. The smallest absolute Gasteiger partial charge is 0.255 e. The van der Waals surface area contributed by atoms with Crippen LogP contribution in [0.2, 0.25) is 25.7 Å². The highest BCUT2D eigenvalue weighted by Gasteiger charge is 2.43. The van der Waals surface area contributed by atoms with Crippen LogP contribution >= 0.6 is 15.9 Å². The first-order chi connectivity index (χ1) is 13.1. The minimum atomic E-state index is -1.27. The van der Waals surface area contributed by atoms with Gasteiger partial charge in [-0.3, -0.25) is 19.3 Å². The van der Waals surface area contributed by atoms with Crippen molar-refractivity contribution in [3.8, 4) is 0 Å². The zero-order valence-electron chi connectivity index (χ0n) is 16.3. The molecule has 2 aliphatic heterocycles. The minimum Gasteiger partial charge on any atom is -0.361 e. The highest BCUT2D eigenvalue weighted by molar-refractivity contribution is 9.10. The maximum Gasteiger partial charge on any atom is 0.255 e. The summed E-state index contributed by atoms with van der Waals surface area (Å²) < 4.78 is 19.7. The van der Waals surface area contributed by atoms with Crippen molar-refractivity contribution in [3.05, 3.63) is 33.5 Å². The van der Waals surface area contributed by atoms with Gasteiger partial charge in [-0.2, -0.15) is 0 Å². The van der Waals surface area contributed by atoms with Gasteiger partial charge in [0, 0.05) is 33.2 Å². The molecular formula is C19H24BrFN2O4Si. The first-order valence-corrected chi connectivity index (χ1v) is 13.8. The Morgan fingerprint density at radius 3 is 2.64 bits per heavy atom. The Morgan fingerprint density at radius 1 is 1.25 bits per heavy atom. The van der Waals surface area contributed by atoms with Crippen molar-refractivity contribution in [1.29, 1.82) is 0 Å². The number of imide groups is 1. The zero-order chi connectivity index (χ0) is 20.6. The maximum atomic E-state index is 13.8. The molecule has 1 fully saturated rings. The lowest BCUT2D eigenvalue weighted by atomic mass is 10.0. The molecule has 0 spiro atoms. The number of piperidine rings is 1. The SMILES string of the molecule is C[Si](C)(C)CCOCN1C(=O)CCC(N2Cc3cc(Br)c(F)cc3C2=O)C1=O. The molecule has 1 aromatic carbocycles. The standard InChI is InChI=1S/C19H24BrFN2O4Si/c1-28(2,3)7-6-27-11-23-17(24)5-4-16(19(23)26)22-10-12-8-14(20)15(21)9-13(12)18(22)25/h8-9,16H,4-7,10-11H2,1-3H3. The highest BCUT2D eigenvalue weighted by atomic mass is 79.9. The average Bonchev–Trinajstić information content (AvgIpc) is 2.90. The second-order valence-corrected chi connectivity index (χ2v) is 14.9. The first-order valence-electron chi connectivity index (χ1n) is 9.29. The molecule has 2 aliphatic rings. The largest absolute Gasteiger partial charge is 0.361 e. The number of hydrogen-bond acceptors (Lipinski definition) is 4. The fraction of sp³-hybridized carbons (Fsp3) is 0.526. The molecule has 6 nitrogen and oxygen atoms in total. The molecule has 28 heavy (non-hydrogen) atoms. The molecule has 0 N–H and O–H groups in total. The lowest BCUT2D eigenvalue weighted by molar-refractivity contribution is -0.158. The zero-order valence-corrected chi connectivity index (χ0v) is 18.8. The van der Waals surface area contributed by atoms with Gasteiger partial charge in [-0.1, -0.05) is 19.6 Å². The molecule has 1 atom stereocenters. The lowest BCUT2D eigenvalue weighted by Gasteiger charge is -2.35. The van der Waals surface area contributed by atoms with Crippen LogP contribution in [-0.2, 0) is 20.9 Å². The summed E-state index contributed by atoms with van der Waals surface area (Å²) in [4.78, 5) is 40.4. The van der Waals surface area contributed by atoms with Gasteiger partial charge in [0.1, 0.15) is 18.6 Å². The molecule has 0 saturated carbocycles. The first kappa shape index (κ1) is 21.1. The third kappa shape index (κ3) is 4.36.